The molecule has 3 aromatic rings. The van der Waals surface area contributed by atoms with Crippen LogP contribution in [0.4, 0.5) is 0 Å². The number of aryl methyl sites for hydroxylation is 2. The van der Waals surface area contributed by atoms with Gasteiger partial charge in [0.05, 0.1) is 22.3 Å². The summed E-state index contributed by atoms with van der Waals surface area (Å²) in [4.78, 5) is 29.1. The van der Waals surface area contributed by atoms with E-state index < -0.39 is 17.9 Å². The third-order valence-corrected chi connectivity index (χ3v) is 4.50. The number of aliphatic carboxylic acids is 1. The van der Waals surface area contributed by atoms with E-state index in [1.807, 2.05) is 30.3 Å². The number of nitrogens with one attached hydrogen (secondary N) is 1. The van der Waals surface area contributed by atoms with Gasteiger partial charge in [-0.05, 0) is 18.9 Å². The van der Waals surface area contributed by atoms with Crippen molar-refractivity contribution in [2.45, 2.75) is 26.8 Å². The number of carbonyl (C=O) groups is 2. The van der Waals surface area contributed by atoms with Crippen molar-refractivity contribution in [1.29, 1.82) is 0 Å². The second-order valence-electron chi connectivity index (χ2n) is 6.86. The van der Waals surface area contributed by atoms with Crippen LogP contribution in [0.25, 0.3) is 22.3 Å². The van der Waals surface area contributed by atoms with Gasteiger partial charge < -0.3 is 10.4 Å². The minimum Gasteiger partial charge on any atom is -0.480 e. The van der Waals surface area contributed by atoms with Gasteiger partial charge >= 0.3 is 5.97 Å². The van der Waals surface area contributed by atoms with Crippen molar-refractivity contribution in [2.75, 3.05) is 0 Å². The van der Waals surface area contributed by atoms with Gasteiger partial charge in [-0.3, -0.25) is 9.48 Å². The molecule has 2 heterocycles. The Morgan fingerprint density at radius 1 is 1.19 bits per heavy atom. The van der Waals surface area contributed by atoms with Crippen molar-refractivity contribution in [3.05, 3.63) is 47.7 Å². The second kappa shape index (κ2) is 7.19. The zero-order chi connectivity index (χ0) is 19.7. The zero-order valence-electron chi connectivity index (χ0n) is 15.7. The lowest BCUT2D eigenvalue weighted by molar-refractivity contribution is -0.140. The van der Waals surface area contributed by atoms with Crippen LogP contribution in [0.5, 0.6) is 0 Å². The standard InChI is InChI=1S/C20H22N4O3/c1-11(2)17(20(26)27)22-19(25)14-10-15(13-8-6-5-7-9-13)21-18-16(14)12(3)23-24(18)4/h5-11,17H,1-4H3,(H,22,25)(H,26,27). The first-order chi connectivity index (χ1) is 12.8. The van der Waals surface area contributed by atoms with Crippen molar-refractivity contribution < 1.29 is 14.7 Å². The van der Waals surface area contributed by atoms with Crippen LogP contribution in [0, 0.1) is 12.8 Å². The molecule has 0 aliphatic carbocycles. The molecule has 2 N–H and O–H groups in total. The Hall–Kier alpha value is -3.22. The van der Waals surface area contributed by atoms with E-state index in [9.17, 15) is 14.7 Å². The quantitative estimate of drug-likeness (QED) is 0.724. The lowest BCUT2D eigenvalue weighted by atomic mass is 10.0. The minimum atomic E-state index is -1.06. The molecule has 1 amide bonds. The summed E-state index contributed by atoms with van der Waals surface area (Å²) in [5.41, 5.74) is 3.12. The smallest absolute Gasteiger partial charge is 0.326 e. The van der Waals surface area contributed by atoms with Gasteiger partial charge in [-0.2, -0.15) is 5.10 Å². The summed E-state index contributed by atoms with van der Waals surface area (Å²) in [6.07, 6.45) is 0. The molecule has 0 bridgehead atoms. The number of pyridine rings is 1. The lowest BCUT2D eigenvalue weighted by Gasteiger charge is -2.18. The van der Waals surface area contributed by atoms with Crippen LogP contribution in [0.15, 0.2) is 36.4 Å². The van der Waals surface area contributed by atoms with E-state index in [-0.39, 0.29) is 5.92 Å². The lowest BCUT2D eigenvalue weighted by Crippen LogP contribution is -2.44. The van der Waals surface area contributed by atoms with Crippen LogP contribution in [0.2, 0.25) is 0 Å². The molecule has 1 unspecified atom stereocenters. The zero-order valence-corrected chi connectivity index (χ0v) is 15.7. The van der Waals surface area contributed by atoms with Crippen LogP contribution in [0.3, 0.4) is 0 Å². The maximum atomic E-state index is 13.0. The van der Waals surface area contributed by atoms with Crippen LogP contribution in [-0.4, -0.2) is 37.8 Å². The van der Waals surface area contributed by atoms with Crippen LogP contribution < -0.4 is 5.32 Å². The van der Waals surface area contributed by atoms with Gasteiger partial charge in [0.2, 0.25) is 0 Å². The number of fused-ring (bicyclic) bond motifs is 1. The fraction of sp³-hybridized carbons (Fsp3) is 0.300. The summed E-state index contributed by atoms with van der Waals surface area (Å²) in [5, 5.41) is 17.0. The number of benzene rings is 1. The van der Waals surface area contributed by atoms with Gasteiger partial charge in [-0.1, -0.05) is 44.2 Å². The molecule has 7 heteroatoms. The Morgan fingerprint density at radius 2 is 1.85 bits per heavy atom. The third-order valence-electron chi connectivity index (χ3n) is 4.50. The second-order valence-corrected chi connectivity index (χ2v) is 6.86. The Kier molecular flexibility index (Phi) is 4.94. The van der Waals surface area contributed by atoms with E-state index in [0.717, 1.165) is 5.56 Å². The summed E-state index contributed by atoms with van der Waals surface area (Å²) in [6, 6.07) is 10.2. The van der Waals surface area contributed by atoms with Gasteiger partial charge in [-0.25, -0.2) is 9.78 Å². The first kappa shape index (κ1) is 18.6. The molecule has 0 aliphatic rings. The Morgan fingerprint density at radius 3 is 2.44 bits per heavy atom. The molecule has 7 nitrogen and oxygen atoms in total. The highest BCUT2D eigenvalue weighted by Crippen LogP contribution is 2.27. The molecular weight excluding hydrogens is 344 g/mol. The van der Waals surface area contributed by atoms with Gasteiger partial charge in [0.1, 0.15) is 6.04 Å². The molecule has 27 heavy (non-hydrogen) atoms. The van der Waals surface area contributed by atoms with Crippen LogP contribution in [0.1, 0.15) is 29.9 Å². The molecule has 1 atom stereocenters. The maximum absolute atomic E-state index is 13.0. The molecule has 0 saturated carbocycles. The van der Waals surface area contributed by atoms with Gasteiger partial charge in [-0.15, -0.1) is 0 Å². The number of rotatable bonds is 5. The molecule has 0 fully saturated rings. The van der Waals surface area contributed by atoms with Crippen molar-refractivity contribution >= 4 is 22.9 Å². The molecule has 0 radical (unpaired) electrons. The van der Waals surface area contributed by atoms with E-state index in [1.165, 1.54) is 0 Å². The molecule has 0 spiro atoms. The predicted octanol–water partition coefficient (Wildman–Crippen LogP) is 2.78. The normalized spacial score (nSPS) is 12.3. The van der Waals surface area contributed by atoms with Gasteiger partial charge in [0.25, 0.3) is 5.91 Å². The maximum Gasteiger partial charge on any atom is 0.326 e. The third kappa shape index (κ3) is 3.53. The number of hydrogen-bond donors (Lipinski definition) is 2. The topological polar surface area (TPSA) is 97.1 Å². The molecule has 1 aromatic carbocycles. The number of hydrogen-bond acceptors (Lipinski definition) is 4. The summed E-state index contributed by atoms with van der Waals surface area (Å²) in [5.74, 6) is -1.75. The number of nitrogens with zero attached hydrogens (tertiary/aromatic N) is 3. The molecule has 2 aromatic heterocycles. The highest BCUT2D eigenvalue weighted by atomic mass is 16.4. The number of carboxylic acids is 1. The van der Waals surface area contributed by atoms with Crippen molar-refractivity contribution in [3.8, 4) is 11.3 Å². The van der Waals surface area contributed by atoms with E-state index in [1.54, 1.807) is 38.6 Å². The summed E-state index contributed by atoms with van der Waals surface area (Å²) < 4.78 is 1.63. The average Bonchev–Trinajstić information content (AvgIpc) is 2.93. The summed E-state index contributed by atoms with van der Waals surface area (Å²) in [7, 11) is 1.77. The molecule has 140 valence electrons. The Labute approximate surface area is 157 Å². The van der Waals surface area contributed by atoms with Crippen molar-refractivity contribution in [1.82, 2.24) is 20.1 Å². The van der Waals surface area contributed by atoms with Crippen molar-refractivity contribution in [3.63, 3.8) is 0 Å². The number of carboxylic acid groups (broad SMARTS) is 1. The first-order valence-electron chi connectivity index (χ1n) is 8.73. The van der Waals surface area contributed by atoms with Crippen LogP contribution >= 0.6 is 0 Å². The number of carbonyl (C=O) groups excluding carboxylic acids is 1. The molecular formula is C20H22N4O3. The molecule has 0 saturated heterocycles. The fourth-order valence-electron chi connectivity index (χ4n) is 3.11. The summed E-state index contributed by atoms with van der Waals surface area (Å²) in [6.45, 7) is 5.32. The van der Waals surface area contributed by atoms with E-state index in [0.29, 0.717) is 28.0 Å². The monoisotopic (exact) mass is 366 g/mol. The van der Waals surface area contributed by atoms with Crippen LogP contribution in [-0.2, 0) is 11.8 Å². The van der Waals surface area contributed by atoms with E-state index >= 15 is 0 Å². The predicted molar refractivity (Wildman–Crippen MR) is 102 cm³/mol. The fourth-order valence-corrected chi connectivity index (χ4v) is 3.11. The number of aromatic nitrogens is 3. The van der Waals surface area contributed by atoms with Crippen molar-refractivity contribution in [2.24, 2.45) is 13.0 Å². The Balaban J connectivity index is 2.15. The largest absolute Gasteiger partial charge is 0.480 e. The van der Waals surface area contributed by atoms with E-state index in [4.69, 9.17) is 0 Å². The minimum absolute atomic E-state index is 0.243. The van der Waals surface area contributed by atoms with E-state index in [2.05, 4.69) is 15.4 Å². The Bertz CT molecular complexity index is 1010. The molecule has 0 aliphatic heterocycles. The molecule has 3 rings (SSSR count). The first-order valence-corrected chi connectivity index (χ1v) is 8.73. The van der Waals surface area contributed by atoms with Gasteiger partial charge in [0, 0.05) is 12.6 Å². The van der Waals surface area contributed by atoms with Gasteiger partial charge in [0.15, 0.2) is 5.65 Å². The number of amides is 1. The SMILES string of the molecule is Cc1nn(C)c2nc(-c3ccccc3)cc(C(=O)NC(C(=O)O)C(C)C)c12. The highest BCUT2D eigenvalue weighted by Gasteiger charge is 2.26. The average molecular weight is 366 g/mol. The summed E-state index contributed by atoms with van der Waals surface area (Å²) >= 11 is 0. The highest BCUT2D eigenvalue weighted by molar-refractivity contribution is 6.08.